The van der Waals surface area contributed by atoms with E-state index in [1.807, 2.05) is 19.1 Å². The Morgan fingerprint density at radius 1 is 1.20 bits per heavy atom. The summed E-state index contributed by atoms with van der Waals surface area (Å²) in [5, 5.41) is 9.30. The van der Waals surface area contributed by atoms with Gasteiger partial charge in [0, 0.05) is 9.75 Å². The molecule has 1 atom stereocenters. The third-order valence-electron chi connectivity index (χ3n) is 2.88. The van der Waals surface area contributed by atoms with Crippen LogP contribution in [-0.4, -0.2) is 24.8 Å². The first kappa shape index (κ1) is 14.4. The molecule has 0 bridgehead atoms. The lowest BCUT2D eigenvalue weighted by molar-refractivity contribution is -0.139. The molecule has 1 unspecified atom stereocenters. The first-order chi connectivity index (χ1) is 9.60. The van der Waals surface area contributed by atoms with E-state index in [1.54, 1.807) is 31.4 Å². The van der Waals surface area contributed by atoms with Crippen molar-refractivity contribution in [2.24, 2.45) is 0 Å². The van der Waals surface area contributed by atoms with Gasteiger partial charge in [0.2, 0.25) is 0 Å². The molecule has 0 amide bonds. The Labute approximate surface area is 121 Å². The highest BCUT2D eigenvalue weighted by molar-refractivity contribution is 7.12. The largest absolute Gasteiger partial charge is 0.497 e. The van der Waals surface area contributed by atoms with Crippen LogP contribution in [0.4, 0.5) is 0 Å². The maximum atomic E-state index is 11.3. The molecular weight excluding hydrogens is 276 g/mol. The normalized spacial score (nSPS) is 11.9. The van der Waals surface area contributed by atoms with Crippen molar-refractivity contribution in [2.75, 3.05) is 13.7 Å². The predicted molar refractivity (Wildman–Crippen MR) is 77.9 cm³/mol. The van der Waals surface area contributed by atoms with E-state index in [0.717, 1.165) is 15.5 Å². The average Bonchev–Trinajstić information content (AvgIpc) is 2.86. The lowest BCUT2D eigenvalue weighted by Gasteiger charge is -2.12. The second-order valence-electron chi connectivity index (χ2n) is 4.33. The Kier molecular flexibility index (Phi) is 4.63. The van der Waals surface area contributed by atoms with Crippen LogP contribution in [0.2, 0.25) is 0 Å². The van der Waals surface area contributed by atoms with E-state index in [1.165, 1.54) is 11.3 Å². The van der Waals surface area contributed by atoms with Gasteiger partial charge < -0.3 is 14.6 Å². The minimum Gasteiger partial charge on any atom is -0.497 e. The molecule has 1 N–H and O–H groups in total. The van der Waals surface area contributed by atoms with Crippen LogP contribution in [0, 0.1) is 6.92 Å². The predicted octanol–water partition coefficient (Wildman–Crippen LogP) is 3.31. The first-order valence-corrected chi connectivity index (χ1v) is 6.98. The Morgan fingerprint density at radius 2 is 1.85 bits per heavy atom. The van der Waals surface area contributed by atoms with Crippen LogP contribution < -0.4 is 9.47 Å². The fraction of sp³-hybridized carbons (Fsp3) is 0.267. The standard InChI is InChI=1S/C15H16O4S/c1-10-3-8-14(20-10)13(15(16)17)9-19-12-6-4-11(18-2)5-7-12/h3-8,13H,9H2,1-2H3,(H,16,17). The number of benzene rings is 1. The Balaban J connectivity index is 2.03. The summed E-state index contributed by atoms with van der Waals surface area (Å²) < 4.78 is 10.6. The monoisotopic (exact) mass is 292 g/mol. The summed E-state index contributed by atoms with van der Waals surface area (Å²) in [5.41, 5.74) is 0. The lowest BCUT2D eigenvalue weighted by atomic mass is 10.1. The maximum absolute atomic E-state index is 11.3. The second kappa shape index (κ2) is 6.43. The summed E-state index contributed by atoms with van der Waals surface area (Å²) in [5.74, 6) is -0.150. The van der Waals surface area contributed by atoms with Crippen molar-refractivity contribution < 1.29 is 19.4 Å². The summed E-state index contributed by atoms with van der Waals surface area (Å²) in [7, 11) is 1.59. The fourth-order valence-corrected chi connectivity index (χ4v) is 2.72. The van der Waals surface area contributed by atoms with Gasteiger partial charge in [-0.05, 0) is 43.3 Å². The van der Waals surface area contributed by atoms with Crippen LogP contribution in [0.1, 0.15) is 15.7 Å². The van der Waals surface area contributed by atoms with Crippen molar-refractivity contribution in [2.45, 2.75) is 12.8 Å². The fourth-order valence-electron chi connectivity index (χ4n) is 1.77. The number of hydrogen-bond donors (Lipinski definition) is 1. The highest BCUT2D eigenvalue weighted by Crippen LogP contribution is 2.26. The van der Waals surface area contributed by atoms with Crippen molar-refractivity contribution in [3.05, 3.63) is 46.2 Å². The van der Waals surface area contributed by atoms with E-state index in [4.69, 9.17) is 9.47 Å². The number of aliphatic carboxylic acids is 1. The molecule has 0 aliphatic heterocycles. The van der Waals surface area contributed by atoms with Crippen molar-refractivity contribution in [1.82, 2.24) is 0 Å². The van der Waals surface area contributed by atoms with Gasteiger partial charge in [0.25, 0.3) is 0 Å². The minimum absolute atomic E-state index is 0.113. The van der Waals surface area contributed by atoms with E-state index in [9.17, 15) is 9.90 Å². The third-order valence-corrected chi connectivity index (χ3v) is 3.99. The van der Waals surface area contributed by atoms with E-state index in [0.29, 0.717) is 5.75 Å². The van der Waals surface area contributed by atoms with Gasteiger partial charge in [0.05, 0.1) is 7.11 Å². The smallest absolute Gasteiger partial charge is 0.315 e. The van der Waals surface area contributed by atoms with Crippen LogP contribution in [0.3, 0.4) is 0 Å². The summed E-state index contributed by atoms with van der Waals surface area (Å²) in [6.07, 6.45) is 0. The molecule has 0 radical (unpaired) electrons. The zero-order chi connectivity index (χ0) is 14.5. The average molecular weight is 292 g/mol. The Morgan fingerprint density at radius 3 is 2.35 bits per heavy atom. The van der Waals surface area contributed by atoms with Gasteiger partial charge in [0.15, 0.2) is 0 Å². The van der Waals surface area contributed by atoms with Gasteiger partial charge >= 0.3 is 5.97 Å². The molecular formula is C15H16O4S. The Hall–Kier alpha value is -2.01. The van der Waals surface area contributed by atoms with Gasteiger partial charge in [-0.2, -0.15) is 0 Å². The van der Waals surface area contributed by atoms with Gasteiger partial charge in [-0.3, -0.25) is 4.79 Å². The SMILES string of the molecule is COc1ccc(OCC(C(=O)O)c2ccc(C)s2)cc1. The zero-order valence-corrected chi connectivity index (χ0v) is 12.1. The number of methoxy groups -OCH3 is 1. The van der Waals surface area contributed by atoms with Crippen LogP contribution in [0.5, 0.6) is 11.5 Å². The van der Waals surface area contributed by atoms with Crippen molar-refractivity contribution in [3.63, 3.8) is 0 Å². The van der Waals surface area contributed by atoms with E-state index in [2.05, 4.69) is 0 Å². The molecule has 0 fully saturated rings. The van der Waals surface area contributed by atoms with Crippen LogP contribution in [0.25, 0.3) is 0 Å². The molecule has 0 aliphatic rings. The molecule has 1 aromatic carbocycles. The number of carbonyl (C=O) groups is 1. The molecule has 1 aromatic heterocycles. The number of carboxylic acids is 1. The van der Waals surface area contributed by atoms with Crippen molar-refractivity contribution in [1.29, 1.82) is 0 Å². The Bertz CT molecular complexity index is 574. The van der Waals surface area contributed by atoms with Gasteiger partial charge in [-0.15, -0.1) is 11.3 Å². The number of thiophene rings is 1. The minimum atomic E-state index is -0.875. The van der Waals surface area contributed by atoms with Gasteiger partial charge in [0.1, 0.15) is 24.0 Å². The summed E-state index contributed by atoms with van der Waals surface area (Å²) in [6, 6.07) is 10.8. The second-order valence-corrected chi connectivity index (χ2v) is 5.65. The number of aryl methyl sites for hydroxylation is 1. The number of ether oxygens (including phenoxy) is 2. The molecule has 1 heterocycles. The van der Waals surface area contributed by atoms with Crippen LogP contribution >= 0.6 is 11.3 Å². The molecule has 5 heteroatoms. The van der Waals surface area contributed by atoms with E-state index in [-0.39, 0.29) is 6.61 Å². The topological polar surface area (TPSA) is 55.8 Å². The molecule has 0 aliphatic carbocycles. The lowest BCUT2D eigenvalue weighted by Crippen LogP contribution is -2.18. The quantitative estimate of drug-likeness (QED) is 0.887. The van der Waals surface area contributed by atoms with Crippen molar-refractivity contribution >= 4 is 17.3 Å². The van der Waals surface area contributed by atoms with Gasteiger partial charge in [-0.1, -0.05) is 0 Å². The number of rotatable bonds is 6. The summed E-state index contributed by atoms with van der Waals surface area (Å²) in [6.45, 7) is 2.07. The highest BCUT2D eigenvalue weighted by atomic mass is 32.1. The van der Waals surface area contributed by atoms with Crippen molar-refractivity contribution in [3.8, 4) is 11.5 Å². The van der Waals surface area contributed by atoms with Gasteiger partial charge in [-0.25, -0.2) is 0 Å². The van der Waals surface area contributed by atoms with Crippen LogP contribution in [-0.2, 0) is 4.79 Å². The third kappa shape index (κ3) is 3.51. The summed E-state index contributed by atoms with van der Waals surface area (Å²) >= 11 is 1.48. The molecule has 20 heavy (non-hydrogen) atoms. The molecule has 2 aromatic rings. The molecule has 0 saturated heterocycles. The first-order valence-electron chi connectivity index (χ1n) is 6.16. The molecule has 0 saturated carbocycles. The summed E-state index contributed by atoms with van der Waals surface area (Å²) in [4.78, 5) is 13.2. The highest BCUT2D eigenvalue weighted by Gasteiger charge is 2.22. The maximum Gasteiger partial charge on any atom is 0.315 e. The van der Waals surface area contributed by atoms with Crippen LogP contribution in [0.15, 0.2) is 36.4 Å². The number of carboxylic acid groups (broad SMARTS) is 1. The zero-order valence-electron chi connectivity index (χ0n) is 11.3. The molecule has 106 valence electrons. The molecule has 2 rings (SSSR count). The molecule has 4 nitrogen and oxygen atoms in total. The molecule has 0 spiro atoms. The van der Waals surface area contributed by atoms with E-state index >= 15 is 0 Å². The number of hydrogen-bond acceptors (Lipinski definition) is 4. The van der Waals surface area contributed by atoms with E-state index < -0.39 is 11.9 Å².